The second kappa shape index (κ2) is 8.02. The standard InChI is InChI=1S/C22H26N4O2/c1-25-20-6-4-3-5-19(20)24-21(25)15-26-13-11-16(12-14-26)22(27)23-17-7-9-18(28-2)10-8-17/h3-10,16H,11-15H2,1-2H3,(H,23,27). The van der Waals surface area contributed by atoms with Gasteiger partial charge < -0.3 is 14.6 Å². The zero-order chi connectivity index (χ0) is 19.5. The van der Waals surface area contributed by atoms with Gasteiger partial charge in [-0.05, 0) is 62.3 Å². The third kappa shape index (κ3) is 3.87. The highest BCUT2D eigenvalue weighted by molar-refractivity contribution is 5.92. The van der Waals surface area contributed by atoms with E-state index in [0.717, 1.165) is 60.8 Å². The van der Waals surface area contributed by atoms with Crippen LogP contribution in [0.25, 0.3) is 11.0 Å². The van der Waals surface area contributed by atoms with E-state index in [-0.39, 0.29) is 11.8 Å². The maximum atomic E-state index is 12.6. The van der Waals surface area contributed by atoms with Gasteiger partial charge in [-0.2, -0.15) is 0 Å². The first-order valence-electron chi connectivity index (χ1n) is 9.71. The first-order chi connectivity index (χ1) is 13.6. The van der Waals surface area contributed by atoms with Crippen molar-refractivity contribution in [2.24, 2.45) is 13.0 Å². The molecule has 0 atom stereocenters. The monoisotopic (exact) mass is 378 g/mol. The lowest BCUT2D eigenvalue weighted by molar-refractivity contribution is -0.121. The van der Waals surface area contributed by atoms with E-state index in [0.29, 0.717) is 0 Å². The van der Waals surface area contributed by atoms with Crippen LogP contribution in [0.3, 0.4) is 0 Å². The molecule has 1 amide bonds. The minimum absolute atomic E-state index is 0.0544. The van der Waals surface area contributed by atoms with Crippen molar-refractivity contribution in [2.45, 2.75) is 19.4 Å². The van der Waals surface area contributed by atoms with Crippen LogP contribution >= 0.6 is 0 Å². The Morgan fingerprint density at radius 2 is 1.86 bits per heavy atom. The number of para-hydroxylation sites is 2. The molecule has 1 aromatic heterocycles. The molecular weight excluding hydrogens is 352 g/mol. The number of nitrogens with zero attached hydrogens (tertiary/aromatic N) is 3. The number of anilines is 1. The molecule has 1 N–H and O–H groups in total. The number of rotatable bonds is 5. The number of amides is 1. The number of carbonyl (C=O) groups excluding carboxylic acids is 1. The van der Waals surface area contributed by atoms with Gasteiger partial charge >= 0.3 is 0 Å². The van der Waals surface area contributed by atoms with E-state index in [1.807, 2.05) is 36.4 Å². The van der Waals surface area contributed by atoms with Crippen molar-refractivity contribution in [3.8, 4) is 5.75 Å². The molecule has 28 heavy (non-hydrogen) atoms. The summed E-state index contributed by atoms with van der Waals surface area (Å²) in [5.74, 6) is 2.02. The minimum Gasteiger partial charge on any atom is -0.497 e. The predicted octanol–water partition coefficient (Wildman–Crippen LogP) is 3.43. The van der Waals surface area contributed by atoms with Gasteiger partial charge in [-0.3, -0.25) is 9.69 Å². The number of ether oxygens (including phenoxy) is 1. The molecule has 2 aromatic carbocycles. The summed E-state index contributed by atoms with van der Waals surface area (Å²) in [6.07, 6.45) is 1.73. The number of benzene rings is 2. The molecule has 0 saturated carbocycles. The fourth-order valence-electron chi connectivity index (χ4n) is 3.81. The summed E-state index contributed by atoms with van der Waals surface area (Å²) in [4.78, 5) is 19.7. The lowest BCUT2D eigenvalue weighted by Crippen LogP contribution is -2.38. The topological polar surface area (TPSA) is 59.4 Å². The van der Waals surface area contributed by atoms with Crippen LogP contribution in [0, 0.1) is 5.92 Å². The summed E-state index contributed by atoms with van der Waals surface area (Å²) < 4.78 is 7.32. The van der Waals surface area contributed by atoms with Gasteiger partial charge in [0.25, 0.3) is 0 Å². The number of aryl methyl sites for hydroxylation is 1. The van der Waals surface area contributed by atoms with Crippen molar-refractivity contribution in [1.82, 2.24) is 14.5 Å². The van der Waals surface area contributed by atoms with Crippen molar-refractivity contribution in [2.75, 3.05) is 25.5 Å². The van der Waals surface area contributed by atoms with Gasteiger partial charge in [0, 0.05) is 18.7 Å². The number of aromatic nitrogens is 2. The summed E-state index contributed by atoms with van der Waals surface area (Å²) in [7, 11) is 3.70. The van der Waals surface area contributed by atoms with Crippen LogP contribution in [0.2, 0.25) is 0 Å². The Hall–Kier alpha value is -2.86. The average Bonchev–Trinajstić information content (AvgIpc) is 3.05. The Kier molecular flexibility index (Phi) is 5.30. The van der Waals surface area contributed by atoms with Crippen molar-refractivity contribution < 1.29 is 9.53 Å². The van der Waals surface area contributed by atoms with Crippen LogP contribution in [0.15, 0.2) is 48.5 Å². The van der Waals surface area contributed by atoms with Gasteiger partial charge in [0.2, 0.25) is 5.91 Å². The average molecular weight is 378 g/mol. The zero-order valence-electron chi connectivity index (χ0n) is 16.4. The van der Waals surface area contributed by atoms with E-state index in [4.69, 9.17) is 9.72 Å². The maximum Gasteiger partial charge on any atom is 0.227 e. The molecule has 2 heterocycles. The van der Waals surface area contributed by atoms with Crippen LogP contribution in [0.4, 0.5) is 5.69 Å². The second-order valence-corrected chi connectivity index (χ2v) is 7.34. The van der Waals surface area contributed by atoms with E-state index in [9.17, 15) is 4.79 Å². The fraction of sp³-hybridized carbons (Fsp3) is 0.364. The number of imidazole rings is 1. The van der Waals surface area contributed by atoms with Gasteiger partial charge in [0.1, 0.15) is 11.6 Å². The molecule has 1 aliphatic rings. The quantitative estimate of drug-likeness (QED) is 0.739. The van der Waals surface area contributed by atoms with Gasteiger partial charge in [0.05, 0.1) is 24.7 Å². The molecule has 1 fully saturated rings. The number of carbonyl (C=O) groups is 1. The summed E-state index contributed by atoms with van der Waals surface area (Å²) >= 11 is 0. The Labute approximate surface area is 165 Å². The zero-order valence-corrected chi connectivity index (χ0v) is 16.4. The second-order valence-electron chi connectivity index (χ2n) is 7.34. The minimum atomic E-state index is 0.0544. The van der Waals surface area contributed by atoms with Crippen molar-refractivity contribution >= 4 is 22.6 Å². The molecule has 0 radical (unpaired) electrons. The summed E-state index contributed by atoms with van der Waals surface area (Å²) in [5.41, 5.74) is 3.01. The molecule has 6 heteroatoms. The Bertz CT molecular complexity index is 956. The van der Waals surface area contributed by atoms with E-state index >= 15 is 0 Å². The number of nitrogens with one attached hydrogen (secondary N) is 1. The predicted molar refractivity (Wildman–Crippen MR) is 110 cm³/mol. The van der Waals surface area contributed by atoms with Crippen molar-refractivity contribution in [3.63, 3.8) is 0 Å². The van der Waals surface area contributed by atoms with Crippen LogP contribution in [-0.4, -0.2) is 40.6 Å². The van der Waals surface area contributed by atoms with Crippen LogP contribution in [0.1, 0.15) is 18.7 Å². The first-order valence-corrected chi connectivity index (χ1v) is 9.71. The molecule has 0 bridgehead atoms. The molecule has 3 aromatic rings. The molecule has 0 unspecified atom stereocenters. The highest BCUT2D eigenvalue weighted by Crippen LogP contribution is 2.23. The molecule has 0 aliphatic carbocycles. The number of piperidine rings is 1. The van der Waals surface area contributed by atoms with Crippen LogP contribution < -0.4 is 10.1 Å². The molecule has 4 rings (SSSR count). The molecule has 1 aliphatic heterocycles. The Morgan fingerprint density at radius 1 is 1.14 bits per heavy atom. The number of hydrogen-bond donors (Lipinski definition) is 1. The highest BCUT2D eigenvalue weighted by Gasteiger charge is 2.26. The normalized spacial score (nSPS) is 15.6. The molecule has 146 valence electrons. The molecule has 6 nitrogen and oxygen atoms in total. The Balaban J connectivity index is 1.32. The van der Waals surface area contributed by atoms with Gasteiger partial charge in [0.15, 0.2) is 0 Å². The summed E-state index contributed by atoms with van der Waals surface area (Å²) in [5, 5.41) is 3.02. The van der Waals surface area contributed by atoms with Gasteiger partial charge in [-0.15, -0.1) is 0 Å². The molecule has 1 saturated heterocycles. The first kappa shape index (κ1) is 18.5. The molecule has 0 spiro atoms. The maximum absolute atomic E-state index is 12.6. The lowest BCUT2D eigenvalue weighted by Gasteiger charge is -2.31. The smallest absolute Gasteiger partial charge is 0.227 e. The SMILES string of the molecule is COc1ccc(NC(=O)C2CCN(Cc3nc4ccccc4n3C)CC2)cc1. The number of likely N-dealkylation sites (tertiary alicyclic amines) is 1. The largest absolute Gasteiger partial charge is 0.497 e. The third-order valence-corrected chi connectivity index (χ3v) is 5.56. The number of methoxy groups -OCH3 is 1. The fourth-order valence-corrected chi connectivity index (χ4v) is 3.81. The summed E-state index contributed by atoms with van der Waals surface area (Å²) in [6.45, 7) is 2.63. The molecular formula is C22H26N4O2. The Morgan fingerprint density at radius 3 is 2.54 bits per heavy atom. The number of hydrogen-bond acceptors (Lipinski definition) is 4. The van der Waals surface area contributed by atoms with E-state index < -0.39 is 0 Å². The van der Waals surface area contributed by atoms with Gasteiger partial charge in [-0.1, -0.05) is 12.1 Å². The highest BCUT2D eigenvalue weighted by atomic mass is 16.5. The van der Waals surface area contributed by atoms with Gasteiger partial charge in [-0.25, -0.2) is 4.98 Å². The van der Waals surface area contributed by atoms with Crippen molar-refractivity contribution in [1.29, 1.82) is 0 Å². The van der Waals surface area contributed by atoms with E-state index in [2.05, 4.69) is 34.0 Å². The van der Waals surface area contributed by atoms with Crippen LogP contribution in [-0.2, 0) is 18.4 Å². The van der Waals surface area contributed by atoms with Crippen LogP contribution in [0.5, 0.6) is 5.75 Å². The van der Waals surface area contributed by atoms with E-state index in [1.165, 1.54) is 0 Å². The van der Waals surface area contributed by atoms with Crippen molar-refractivity contribution in [3.05, 3.63) is 54.4 Å². The lowest BCUT2D eigenvalue weighted by atomic mass is 9.96. The van der Waals surface area contributed by atoms with E-state index in [1.54, 1.807) is 7.11 Å². The summed E-state index contributed by atoms with van der Waals surface area (Å²) in [6, 6.07) is 15.7. The third-order valence-electron chi connectivity index (χ3n) is 5.56. The number of fused-ring (bicyclic) bond motifs is 1.